The number of hydrogen-bond acceptors (Lipinski definition) is 10. The molecule has 1 aromatic heterocycles. The Bertz CT molecular complexity index is 969. The van der Waals surface area contributed by atoms with E-state index in [1.807, 2.05) is 0 Å². The number of nitrogens with zero attached hydrogens (tertiary/aromatic N) is 7. The second-order valence-electron chi connectivity index (χ2n) is 7.15. The van der Waals surface area contributed by atoms with Crippen molar-refractivity contribution in [1.82, 2.24) is 15.0 Å². The lowest BCUT2D eigenvalue weighted by atomic mass is 10.2. The molecule has 0 bridgehead atoms. The van der Waals surface area contributed by atoms with Gasteiger partial charge in [-0.1, -0.05) is 18.2 Å². The third-order valence-electron chi connectivity index (χ3n) is 4.99. The second kappa shape index (κ2) is 9.94. The molecule has 0 aliphatic carbocycles. The Kier molecular flexibility index (Phi) is 6.62. The van der Waals surface area contributed by atoms with E-state index >= 15 is 0 Å². The lowest BCUT2D eigenvalue weighted by Gasteiger charge is -2.27. The van der Waals surface area contributed by atoms with Gasteiger partial charge in [-0.3, -0.25) is 10.1 Å². The molecule has 0 amide bonds. The zero-order valence-corrected chi connectivity index (χ0v) is 17.1. The minimum atomic E-state index is -0.419. The van der Waals surface area contributed by atoms with Gasteiger partial charge in [0, 0.05) is 44.5 Å². The summed E-state index contributed by atoms with van der Waals surface area (Å²) >= 11 is 0. The Hall–Kier alpha value is -3.60. The predicted octanol–water partition coefficient (Wildman–Crippen LogP) is 2.33. The van der Waals surface area contributed by atoms with Crippen LogP contribution in [-0.2, 0) is 4.74 Å². The number of aromatic nitrogens is 3. The standard InChI is InChI=1S/C20H24N8O3/c29-28(30)17-7-3-5-16(15-17)6-4-8-21-25-18-22-19(26-9-1-2-10-26)24-20(23-18)27-11-13-31-14-12-27/h3-8,15H,1-2,9-14H2,(H,22,23,24,25)/b6-4+,21-8+. The van der Waals surface area contributed by atoms with Crippen molar-refractivity contribution in [3.63, 3.8) is 0 Å². The largest absolute Gasteiger partial charge is 0.378 e. The van der Waals surface area contributed by atoms with Gasteiger partial charge in [0.15, 0.2) is 0 Å². The van der Waals surface area contributed by atoms with Gasteiger partial charge in [-0.15, -0.1) is 0 Å². The van der Waals surface area contributed by atoms with Gasteiger partial charge in [0.2, 0.25) is 17.8 Å². The molecule has 11 heteroatoms. The minimum Gasteiger partial charge on any atom is -0.378 e. The van der Waals surface area contributed by atoms with Crippen molar-refractivity contribution in [2.45, 2.75) is 12.8 Å². The van der Waals surface area contributed by atoms with E-state index in [9.17, 15) is 10.1 Å². The quantitative estimate of drug-likeness (QED) is 0.405. The average molecular weight is 424 g/mol. The summed E-state index contributed by atoms with van der Waals surface area (Å²) in [6.45, 7) is 4.63. The van der Waals surface area contributed by atoms with E-state index < -0.39 is 4.92 Å². The first-order chi connectivity index (χ1) is 15.2. The summed E-state index contributed by atoms with van der Waals surface area (Å²) in [7, 11) is 0. The summed E-state index contributed by atoms with van der Waals surface area (Å²) in [6.07, 6.45) is 7.23. The SMILES string of the molecule is O=[N+]([O-])c1cccc(/C=C/C=N/Nc2nc(N3CCCC3)nc(N3CCOCC3)n2)c1. The Morgan fingerprint density at radius 1 is 1.06 bits per heavy atom. The van der Waals surface area contributed by atoms with E-state index in [0.29, 0.717) is 36.6 Å². The molecule has 2 aromatic rings. The number of non-ortho nitro benzene ring substituents is 1. The van der Waals surface area contributed by atoms with E-state index in [2.05, 4.69) is 35.3 Å². The van der Waals surface area contributed by atoms with Crippen LogP contribution in [0.25, 0.3) is 6.08 Å². The molecule has 11 nitrogen and oxygen atoms in total. The third-order valence-corrected chi connectivity index (χ3v) is 4.99. The van der Waals surface area contributed by atoms with E-state index in [-0.39, 0.29) is 5.69 Å². The van der Waals surface area contributed by atoms with Gasteiger partial charge in [0.25, 0.3) is 5.69 Å². The molecular formula is C20H24N8O3. The first-order valence-corrected chi connectivity index (χ1v) is 10.2. The number of nitro benzene ring substituents is 1. The summed E-state index contributed by atoms with van der Waals surface area (Å²) in [4.78, 5) is 28.4. The molecule has 2 fully saturated rings. The molecule has 3 heterocycles. The molecule has 162 valence electrons. The number of anilines is 3. The summed E-state index contributed by atoms with van der Waals surface area (Å²) in [6, 6.07) is 6.39. The number of hydrazone groups is 1. The first kappa shape index (κ1) is 20.7. The summed E-state index contributed by atoms with van der Waals surface area (Å²) < 4.78 is 5.42. The van der Waals surface area contributed by atoms with E-state index in [1.165, 1.54) is 12.1 Å². The number of benzene rings is 1. The van der Waals surface area contributed by atoms with Crippen molar-refractivity contribution in [2.75, 3.05) is 54.6 Å². The Balaban J connectivity index is 1.45. The number of hydrogen-bond donors (Lipinski definition) is 1. The van der Waals surface area contributed by atoms with Gasteiger partial charge < -0.3 is 14.5 Å². The molecule has 1 N–H and O–H groups in total. The average Bonchev–Trinajstić information content (AvgIpc) is 3.35. The van der Waals surface area contributed by atoms with Crippen LogP contribution in [0.1, 0.15) is 18.4 Å². The molecular weight excluding hydrogens is 400 g/mol. The first-order valence-electron chi connectivity index (χ1n) is 10.2. The lowest BCUT2D eigenvalue weighted by Crippen LogP contribution is -2.38. The highest BCUT2D eigenvalue weighted by atomic mass is 16.6. The van der Waals surface area contributed by atoms with Crippen LogP contribution in [-0.4, -0.2) is 65.5 Å². The molecule has 2 aliphatic rings. The highest BCUT2D eigenvalue weighted by Gasteiger charge is 2.21. The van der Waals surface area contributed by atoms with Crippen molar-refractivity contribution >= 4 is 35.8 Å². The fourth-order valence-electron chi connectivity index (χ4n) is 3.40. The van der Waals surface area contributed by atoms with Crippen LogP contribution < -0.4 is 15.2 Å². The third kappa shape index (κ3) is 5.51. The van der Waals surface area contributed by atoms with Gasteiger partial charge in [-0.05, 0) is 24.5 Å². The van der Waals surface area contributed by atoms with Gasteiger partial charge in [-0.25, -0.2) is 5.43 Å². The van der Waals surface area contributed by atoms with E-state index in [0.717, 1.165) is 39.0 Å². The molecule has 0 atom stereocenters. The molecule has 0 unspecified atom stereocenters. The highest BCUT2D eigenvalue weighted by molar-refractivity contribution is 5.79. The zero-order chi connectivity index (χ0) is 21.5. The van der Waals surface area contributed by atoms with Gasteiger partial charge >= 0.3 is 0 Å². The maximum Gasteiger partial charge on any atom is 0.270 e. The van der Waals surface area contributed by atoms with Crippen molar-refractivity contribution in [3.05, 3.63) is 46.0 Å². The molecule has 0 spiro atoms. The van der Waals surface area contributed by atoms with Crippen LogP contribution in [0.2, 0.25) is 0 Å². The number of allylic oxidation sites excluding steroid dienone is 1. The minimum absolute atomic E-state index is 0.0486. The summed E-state index contributed by atoms with van der Waals surface area (Å²) in [5.74, 6) is 1.64. The number of morpholine rings is 1. The Labute approximate surface area is 179 Å². The summed E-state index contributed by atoms with van der Waals surface area (Å²) in [5, 5.41) is 15.0. The molecule has 2 saturated heterocycles. The number of ether oxygens (including phenoxy) is 1. The van der Waals surface area contributed by atoms with Crippen LogP contribution in [0.4, 0.5) is 23.5 Å². The number of nitrogens with one attached hydrogen (secondary N) is 1. The van der Waals surface area contributed by atoms with Gasteiger partial charge in [-0.2, -0.15) is 20.1 Å². The molecule has 0 saturated carbocycles. The van der Waals surface area contributed by atoms with Crippen LogP contribution in [0, 0.1) is 10.1 Å². The van der Waals surface area contributed by atoms with Crippen molar-refractivity contribution in [2.24, 2.45) is 5.10 Å². The van der Waals surface area contributed by atoms with Crippen molar-refractivity contribution in [3.8, 4) is 0 Å². The van der Waals surface area contributed by atoms with Gasteiger partial charge in [0.05, 0.1) is 18.1 Å². The van der Waals surface area contributed by atoms with Crippen molar-refractivity contribution < 1.29 is 9.66 Å². The fraction of sp³-hybridized carbons (Fsp3) is 0.400. The van der Waals surface area contributed by atoms with E-state index in [1.54, 1.807) is 30.5 Å². The van der Waals surface area contributed by atoms with Crippen LogP contribution in [0.5, 0.6) is 0 Å². The van der Waals surface area contributed by atoms with Crippen LogP contribution in [0.3, 0.4) is 0 Å². The monoisotopic (exact) mass is 424 g/mol. The molecule has 2 aliphatic heterocycles. The highest BCUT2D eigenvalue weighted by Crippen LogP contribution is 2.21. The zero-order valence-electron chi connectivity index (χ0n) is 17.1. The molecule has 4 rings (SSSR count). The molecule has 0 radical (unpaired) electrons. The van der Waals surface area contributed by atoms with E-state index in [4.69, 9.17) is 4.74 Å². The van der Waals surface area contributed by atoms with Gasteiger partial charge in [0.1, 0.15) is 0 Å². The maximum atomic E-state index is 10.9. The molecule has 1 aromatic carbocycles. The number of nitro groups is 1. The Morgan fingerprint density at radius 3 is 2.48 bits per heavy atom. The maximum absolute atomic E-state index is 10.9. The van der Waals surface area contributed by atoms with Crippen LogP contribution >= 0.6 is 0 Å². The molecule has 31 heavy (non-hydrogen) atoms. The van der Waals surface area contributed by atoms with Crippen molar-refractivity contribution in [1.29, 1.82) is 0 Å². The lowest BCUT2D eigenvalue weighted by molar-refractivity contribution is -0.384. The number of rotatable bonds is 7. The second-order valence-corrected chi connectivity index (χ2v) is 7.15. The normalized spacial score (nSPS) is 17.0. The fourth-order valence-corrected chi connectivity index (χ4v) is 3.40. The summed E-state index contributed by atoms with van der Waals surface area (Å²) in [5.41, 5.74) is 3.63. The predicted molar refractivity (Wildman–Crippen MR) is 119 cm³/mol. The Morgan fingerprint density at radius 2 is 1.77 bits per heavy atom. The van der Waals surface area contributed by atoms with Crippen LogP contribution in [0.15, 0.2) is 35.4 Å². The topological polar surface area (TPSA) is 122 Å². The smallest absolute Gasteiger partial charge is 0.270 e.